The minimum Gasteiger partial charge on any atom is -0.198 e. The Kier molecular flexibility index (Phi) is 3.48. The zero-order valence-corrected chi connectivity index (χ0v) is 10.2. The largest absolute Gasteiger partial charge is 0.198 e. The molecule has 0 rings (SSSR count). The normalized spacial score (nSPS) is 16.1. The molecule has 0 aromatic heterocycles. The number of nitrogens with zero attached hydrogens (tertiary/aromatic N) is 1. The van der Waals surface area contributed by atoms with Gasteiger partial charge < -0.3 is 0 Å². The Hall–Kier alpha value is -0.813. The number of nitriles is 1. The molecular weight excluding hydrogens is 162 g/mol. The van der Waals surface area contributed by atoms with Gasteiger partial charge in [-0.3, -0.25) is 0 Å². The average molecular weight is 179 g/mol. The summed E-state index contributed by atoms with van der Waals surface area (Å²) in [5.41, 5.74) is -0.200. The van der Waals surface area contributed by atoms with Crippen LogP contribution in [-0.2, 0) is 0 Å². The molecule has 0 amide bonds. The summed E-state index contributed by atoms with van der Waals surface area (Å²) in [6.07, 6.45) is 4.61. The highest BCUT2D eigenvalue weighted by molar-refractivity contribution is 6.18. The van der Waals surface area contributed by atoms with Crippen LogP contribution in [0.3, 0.4) is 0 Å². The van der Waals surface area contributed by atoms with Gasteiger partial charge in [-0.15, -0.1) is 13.2 Å². The molecule has 0 aliphatic heterocycles. The molecule has 0 aromatic carbocycles. The number of rotatable bonds is 4. The van der Waals surface area contributed by atoms with Gasteiger partial charge >= 0.3 is 0 Å². The van der Waals surface area contributed by atoms with Gasteiger partial charge in [-0.1, -0.05) is 19.1 Å². The van der Waals surface area contributed by atoms with Crippen LogP contribution in [0, 0.1) is 16.7 Å². The standard InChI is InChI=1S/C10H17NSi/c1-5-10(6-2,7-3)9(4,12)8-11/h5-6H,1-2,7H2,3-4,12H3. The maximum absolute atomic E-state index is 9.01. The maximum atomic E-state index is 9.01. The lowest BCUT2D eigenvalue weighted by Crippen LogP contribution is -2.29. The Balaban J connectivity index is 5.12. The fourth-order valence-electron chi connectivity index (χ4n) is 1.43. The molecule has 1 nitrogen and oxygen atoms in total. The molecule has 0 spiro atoms. The van der Waals surface area contributed by atoms with E-state index in [9.17, 15) is 0 Å². The third kappa shape index (κ3) is 1.51. The zero-order valence-electron chi connectivity index (χ0n) is 8.22. The summed E-state index contributed by atoms with van der Waals surface area (Å²) in [7, 11) is 0.831. The van der Waals surface area contributed by atoms with Crippen LogP contribution in [0.15, 0.2) is 25.3 Å². The van der Waals surface area contributed by atoms with E-state index in [1.54, 1.807) is 0 Å². The summed E-state index contributed by atoms with van der Waals surface area (Å²) in [6.45, 7) is 11.6. The summed E-state index contributed by atoms with van der Waals surface area (Å²) < 4.78 is 0. The molecule has 0 aromatic rings. The van der Waals surface area contributed by atoms with Crippen LogP contribution in [0.2, 0.25) is 5.04 Å². The summed E-state index contributed by atoms with van der Waals surface area (Å²) >= 11 is 0. The van der Waals surface area contributed by atoms with Gasteiger partial charge in [0.1, 0.15) is 0 Å². The summed E-state index contributed by atoms with van der Waals surface area (Å²) in [6, 6.07) is 2.35. The molecule has 0 aliphatic carbocycles. The van der Waals surface area contributed by atoms with E-state index in [1.165, 1.54) is 0 Å². The molecule has 0 saturated carbocycles. The van der Waals surface area contributed by atoms with Crippen LogP contribution in [0.4, 0.5) is 0 Å². The molecule has 0 heterocycles. The molecule has 2 heteroatoms. The Morgan fingerprint density at radius 3 is 2.00 bits per heavy atom. The van der Waals surface area contributed by atoms with Crippen LogP contribution < -0.4 is 0 Å². The van der Waals surface area contributed by atoms with Crippen molar-refractivity contribution in [3.05, 3.63) is 25.3 Å². The monoisotopic (exact) mass is 179 g/mol. The van der Waals surface area contributed by atoms with E-state index in [4.69, 9.17) is 5.26 Å². The molecule has 0 radical (unpaired) electrons. The molecule has 0 fully saturated rings. The second-order valence-corrected chi connectivity index (χ2v) is 5.54. The first-order chi connectivity index (χ1) is 5.49. The van der Waals surface area contributed by atoms with E-state index in [0.717, 1.165) is 16.7 Å². The Morgan fingerprint density at radius 2 is 1.92 bits per heavy atom. The Bertz CT molecular complexity index is 214. The van der Waals surface area contributed by atoms with E-state index in [-0.39, 0.29) is 10.5 Å². The van der Waals surface area contributed by atoms with Crippen LogP contribution in [0.5, 0.6) is 0 Å². The smallest absolute Gasteiger partial charge is 0.0656 e. The lowest BCUT2D eigenvalue weighted by molar-refractivity contribution is 0.395. The molecule has 1 unspecified atom stereocenters. The van der Waals surface area contributed by atoms with Crippen molar-refractivity contribution in [2.45, 2.75) is 25.3 Å². The van der Waals surface area contributed by atoms with Crippen molar-refractivity contribution in [1.82, 2.24) is 0 Å². The third-order valence-electron chi connectivity index (χ3n) is 2.76. The zero-order chi connectivity index (χ0) is 9.83. The van der Waals surface area contributed by atoms with Crippen molar-refractivity contribution < 1.29 is 0 Å². The third-order valence-corrected chi connectivity index (χ3v) is 3.91. The SMILES string of the molecule is C=CC(C=C)(CC)C(C)([SiH3])C#N. The summed E-state index contributed by atoms with van der Waals surface area (Å²) in [4.78, 5) is 0. The molecule has 0 bridgehead atoms. The first-order valence-corrected chi connectivity index (χ1v) is 5.18. The molecule has 1 atom stereocenters. The van der Waals surface area contributed by atoms with Gasteiger partial charge in [0.05, 0.1) is 6.07 Å². The summed E-state index contributed by atoms with van der Waals surface area (Å²) in [5, 5.41) is 8.73. The molecule has 66 valence electrons. The predicted octanol–water partition coefficient (Wildman–Crippen LogP) is 1.82. The van der Waals surface area contributed by atoms with Crippen molar-refractivity contribution in [1.29, 1.82) is 5.26 Å². The Labute approximate surface area is 78.2 Å². The van der Waals surface area contributed by atoms with E-state index in [0.29, 0.717) is 0 Å². The van der Waals surface area contributed by atoms with Crippen LogP contribution in [0.1, 0.15) is 20.3 Å². The van der Waals surface area contributed by atoms with Crippen molar-refractivity contribution in [3.63, 3.8) is 0 Å². The Morgan fingerprint density at radius 1 is 1.50 bits per heavy atom. The van der Waals surface area contributed by atoms with Gasteiger partial charge in [0.2, 0.25) is 0 Å². The molecule has 12 heavy (non-hydrogen) atoms. The molecule has 0 saturated heterocycles. The fourth-order valence-corrected chi connectivity index (χ4v) is 2.19. The van der Waals surface area contributed by atoms with Crippen LogP contribution in [-0.4, -0.2) is 10.2 Å². The van der Waals surface area contributed by atoms with Crippen LogP contribution in [0.25, 0.3) is 0 Å². The van der Waals surface area contributed by atoms with Crippen molar-refractivity contribution >= 4 is 10.2 Å². The highest BCUT2D eigenvalue weighted by atomic mass is 28.1. The van der Waals surface area contributed by atoms with E-state index in [2.05, 4.69) is 26.2 Å². The molecule has 0 N–H and O–H groups in total. The number of allylic oxidation sites excluding steroid dienone is 2. The topological polar surface area (TPSA) is 23.8 Å². The maximum Gasteiger partial charge on any atom is 0.0656 e. The van der Waals surface area contributed by atoms with Gasteiger partial charge in [-0.2, -0.15) is 5.26 Å². The van der Waals surface area contributed by atoms with Gasteiger partial charge in [-0.05, 0) is 13.3 Å². The molecular formula is C10H17NSi. The second kappa shape index (κ2) is 3.73. The van der Waals surface area contributed by atoms with Gasteiger partial charge in [0.25, 0.3) is 0 Å². The number of hydrogen-bond donors (Lipinski definition) is 0. The van der Waals surface area contributed by atoms with E-state index in [1.807, 2.05) is 19.1 Å². The lowest BCUT2D eigenvalue weighted by Gasteiger charge is -2.36. The van der Waals surface area contributed by atoms with Gasteiger partial charge in [0, 0.05) is 20.7 Å². The minimum absolute atomic E-state index is 0.200. The van der Waals surface area contributed by atoms with Crippen molar-refractivity contribution in [3.8, 4) is 6.07 Å². The average Bonchev–Trinajstić information content (AvgIpc) is 2.08. The van der Waals surface area contributed by atoms with Crippen molar-refractivity contribution in [2.75, 3.05) is 0 Å². The number of hydrogen-bond acceptors (Lipinski definition) is 1. The second-order valence-electron chi connectivity index (χ2n) is 3.54. The van der Waals surface area contributed by atoms with Crippen molar-refractivity contribution in [2.24, 2.45) is 5.41 Å². The van der Waals surface area contributed by atoms with E-state index >= 15 is 0 Å². The lowest BCUT2D eigenvalue weighted by atomic mass is 9.74. The summed E-state index contributed by atoms with van der Waals surface area (Å²) in [5.74, 6) is 0. The molecule has 0 aliphatic rings. The highest BCUT2D eigenvalue weighted by Gasteiger charge is 2.38. The van der Waals surface area contributed by atoms with Gasteiger partial charge in [-0.25, -0.2) is 0 Å². The fraction of sp³-hybridized carbons (Fsp3) is 0.500. The first-order valence-electron chi connectivity index (χ1n) is 4.18. The quantitative estimate of drug-likeness (QED) is 0.477. The van der Waals surface area contributed by atoms with E-state index < -0.39 is 0 Å². The highest BCUT2D eigenvalue weighted by Crippen LogP contribution is 2.46. The first kappa shape index (κ1) is 11.2. The predicted molar refractivity (Wildman–Crippen MR) is 57.0 cm³/mol. The van der Waals surface area contributed by atoms with Gasteiger partial charge in [0.15, 0.2) is 0 Å². The minimum atomic E-state index is -0.286. The van der Waals surface area contributed by atoms with Crippen LogP contribution >= 0.6 is 0 Å².